The number of rotatable bonds is 4. The molecule has 2 rings (SSSR count). The summed E-state index contributed by atoms with van der Waals surface area (Å²) in [6, 6.07) is 10.1. The van der Waals surface area contributed by atoms with Gasteiger partial charge in [-0.3, -0.25) is 4.98 Å². The van der Waals surface area contributed by atoms with Gasteiger partial charge in [0.05, 0.1) is 11.6 Å². The van der Waals surface area contributed by atoms with Gasteiger partial charge in [-0.25, -0.2) is 0 Å². The summed E-state index contributed by atoms with van der Waals surface area (Å²) >= 11 is 0. The molecule has 0 saturated carbocycles. The Morgan fingerprint density at radius 1 is 1.35 bits per heavy atom. The van der Waals surface area contributed by atoms with Gasteiger partial charge >= 0.3 is 0 Å². The first-order valence-electron chi connectivity index (χ1n) is 5.93. The maximum absolute atomic E-state index is 9.46. The van der Waals surface area contributed by atoms with Crippen LogP contribution < -0.4 is 5.73 Å². The molecular formula is C14H18N2O. The van der Waals surface area contributed by atoms with E-state index in [1.54, 1.807) is 13.1 Å². The molecule has 1 aromatic heterocycles. The second kappa shape index (κ2) is 5.25. The van der Waals surface area contributed by atoms with Gasteiger partial charge in [-0.15, -0.1) is 0 Å². The molecule has 3 nitrogen and oxygen atoms in total. The van der Waals surface area contributed by atoms with Gasteiger partial charge in [-0.1, -0.05) is 12.1 Å². The third-order valence-corrected chi connectivity index (χ3v) is 3.01. The van der Waals surface area contributed by atoms with E-state index in [0.29, 0.717) is 13.0 Å². The number of aliphatic hydroxyl groups is 1. The predicted octanol–water partition coefficient (Wildman–Crippen LogP) is 2.05. The fraction of sp³-hybridized carbons (Fsp3) is 0.357. The van der Waals surface area contributed by atoms with Gasteiger partial charge < -0.3 is 10.8 Å². The average molecular weight is 230 g/mol. The first kappa shape index (κ1) is 12.0. The maximum Gasteiger partial charge on any atom is 0.0702 e. The van der Waals surface area contributed by atoms with E-state index in [4.69, 9.17) is 5.73 Å². The molecule has 90 valence electrons. The van der Waals surface area contributed by atoms with Crippen molar-refractivity contribution in [1.82, 2.24) is 4.98 Å². The minimum absolute atomic E-state index is 0.208. The monoisotopic (exact) mass is 230 g/mol. The van der Waals surface area contributed by atoms with E-state index in [1.165, 1.54) is 5.56 Å². The average Bonchev–Trinajstić information content (AvgIpc) is 2.35. The molecule has 0 radical (unpaired) electrons. The lowest BCUT2D eigenvalue weighted by molar-refractivity contribution is 0.175. The van der Waals surface area contributed by atoms with Crippen molar-refractivity contribution >= 4 is 10.9 Å². The summed E-state index contributed by atoms with van der Waals surface area (Å²) < 4.78 is 0. The van der Waals surface area contributed by atoms with E-state index in [1.807, 2.05) is 18.2 Å². The van der Waals surface area contributed by atoms with E-state index in [0.717, 1.165) is 10.9 Å². The largest absolute Gasteiger partial charge is 0.393 e. The number of fused-ring (bicyclic) bond motifs is 1. The van der Waals surface area contributed by atoms with Crippen LogP contribution in [0.1, 0.15) is 24.8 Å². The van der Waals surface area contributed by atoms with Crippen molar-refractivity contribution in [1.29, 1.82) is 0 Å². The Balaban J connectivity index is 2.34. The Kier molecular flexibility index (Phi) is 3.71. The maximum atomic E-state index is 9.46. The minimum Gasteiger partial charge on any atom is -0.393 e. The van der Waals surface area contributed by atoms with E-state index >= 15 is 0 Å². The zero-order valence-corrected chi connectivity index (χ0v) is 10.0. The highest BCUT2D eigenvalue weighted by molar-refractivity contribution is 5.79. The molecule has 3 N–H and O–H groups in total. The van der Waals surface area contributed by atoms with Crippen molar-refractivity contribution in [2.45, 2.75) is 25.4 Å². The molecule has 17 heavy (non-hydrogen) atoms. The first-order valence-corrected chi connectivity index (χ1v) is 5.93. The summed E-state index contributed by atoms with van der Waals surface area (Å²) in [5, 5.41) is 10.6. The van der Waals surface area contributed by atoms with Crippen LogP contribution in [0, 0.1) is 0 Å². The van der Waals surface area contributed by atoms with Gasteiger partial charge in [0, 0.05) is 11.6 Å². The van der Waals surface area contributed by atoms with E-state index in [9.17, 15) is 5.11 Å². The molecule has 3 heteroatoms. The van der Waals surface area contributed by atoms with Crippen LogP contribution in [-0.2, 0) is 0 Å². The SMILES string of the molecule is CC(O)CC(CN)c1ccc2ncccc2c1. The Morgan fingerprint density at radius 2 is 2.18 bits per heavy atom. The van der Waals surface area contributed by atoms with Crippen molar-refractivity contribution < 1.29 is 5.11 Å². The molecule has 2 aromatic rings. The summed E-state index contributed by atoms with van der Waals surface area (Å²) in [6.45, 7) is 2.35. The summed E-state index contributed by atoms with van der Waals surface area (Å²) in [7, 11) is 0. The van der Waals surface area contributed by atoms with Gasteiger partial charge in [-0.05, 0) is 49.6 Å². The molecule has 0 aliphatic rings. The molecule has 0 spiro atoms. The van der Waals surface area contributed by atoms with Crippen molar-refractivity contribution in [3.05, 3.63) is 42.1 Å². The lowest BCUT2D eigenvalue weighted by Gasteiger charge is -2.17. The summed E-state index contributed by atoms with van der Waals surface area (Å²) in [4.78, 5) is 4.29. The highest BCUT2D eigenvalue weighted by Crippen LogP contribution is 2.23. The molecule has 1 heterocycles. The van der Waals surface area contributed by atoms with Crippen LogP contribution in [0.25, 0.3) is 10.9 Å². The zero-order valence-electron chi connectivity index (χ0n) is 10.0. The fourth-order valence-electron chi connectivity index (χ4n) is 2.13. The van der Waals surface area contributed by atoms with Gasteiger partial charge in [-0.2, -0.15) is 0 Å². The van der Waals surface area contributed by atoms with E-state index < -0.39 is 0 Å². The number of benzene rings is 1. The molecule has 2 unspecified atom stereocenters. The first-order chi connectivity index (χ1) is 8.20. The molecular weight excluding hydrogens is 212 g/mol. The van der Waals surface area contributed by atoms with Crippen LogP contribution in [0.2, 0.25) is 0 Å². The lowest BCUT2D eigenvalue weighted by Crippen LogP contribution is -2.17. The molecule has 0 amide bonds. The summed E-state index contributed by atoms with van der Waals surface area (Å²) in [6.07, 6.45) is 2.16. The van der Waals surface area contributed by atoms with Crippen molar-refractivity contribution in [2.75, 3.05) is 6.54 Å². The van der Waals surface area contributed by atoms with Crippen LogP contribution in [0.5, 0.6) is 0 Å². The van der Waals surface area contributed by atoms with Crippen LogP contribution >= 0.6 is 0 Å². The standard InChI is InChI=1S/C14H18N2O/c1-10(17)7-13(9-15)11-4-5-14-12(8-11)3-2-6-16-14/h2-6,8,10,13,17H,7,9,15H2,1H3. The van der Waals surface area contributed by atoms with Gasteiger partial charge in [0.25, 0.3) is 0 Å². The van der Waals surface area contributed by atoms with Gasteiger partial charge in [0.1, 0.15) is 0 Å². The summed E-state index contributed by atoms with van der Waals surface area (Å²) in [5.74, 6) is 0.208. The topological polar surface area (TPSA) is 59.1 Å². The normalized spacial score (nSPS) is 14.8. The van der Waals surface area contributed by atoms with Crippen LogP contribution in [0.4, 0.5) is 0 Å². The Bertz CT molecular complexity index is 496. The fourth-order valence-corrected chi connectivity index (χ4v) is 2.13. The molecule has 0 aliphatic heterocycles. The second-order valence-electron chi connectivity index (χ2n) is 4.47. The van der Waals surface area contributed by atoms with Crippen molar-refractivity contribution in [3.63, 3.8) is 0 Å². The highest BCUT2D eigenvalue weighted by atomic mass is 16.3. The van der Waals surface area contributed by atoms with Gasteiger partial charge in [0.2, 0.25) is 0 Å². The molecule has 0 fully saturated rings. The number of nitrogens with two attached hydrogens (primary N) is 1. The third-order valence-electron chi connectivity index (χ3n) is 3.01. The Labute approximate surface area is 101 Å². The molecule has 0 saturated heterocycles. The lowest BCUT2D eigenvalue weighted by atomic mass is 9.92. The number of hydrogen-bond acceptors (Lipinski definition) is 3. The number of hydrogen-bond donors (Lipinski definition) is 2. The molecule has 0 aliphatic carbocycles. The number of aromatic nitrogens is 1. The highest BCUT2D eigenvalue weighted by Gasteiger charge is 2.12. The van der Waals surface area contributed by atoms with Crippen LogP contribution in [0.15, 0.2) is 36.5 Å². The molecule has 0 bridgehead atoms. The van der Waals surface area contributed by atoms with Crippen LogP contribution in [0.3, 0.4) is 0 Å². The smallest absolute Gasteiger partial charge is 0.0702 e. The Hall–Kier alpha value is -1.45. The van der Waals surface area contributed by atoms with E-state index in [-0.39, 0.29) is 12.0 Å². The molecule has 1 aromatic carbocycles. The quantitative estimate of drug-likeness (QED) is 0.845. The molecule has 2 atom stereocenters. The Morgan fingerprint density at radius 3 is 2.88 bits per heavy atom. The van der Waals surface area contributed by atoms with Crippen molar-refractivity contribution in [3.8, 4) is 0 Å². The third kappa shape index (κ3) is 2.81. The predicted molar refractivity (Wildman–Crippen MR) is 69.8 cm³/mol. The number of pyridine rings is 1. The summed E-state index contributed by atoms with van der Waals surface area (Å²) in [5.41, 5.74) is 7.94. The van der Waals surface area contributed by atoms with E-state index in [2.05, 4.69) is 17.1 Å². The second-order valence-corrected chi connectivity index (χ2v) is 4.47. The number of aliphatic hydroxyl groups excluding tert-OH is 1. The van der Waals surface area contributed by atoms with Crippen LogP contribution in [-0.4, -0.2) is 22.7 Å². The van der Waals surface area contributed by atoms with Gasteiger partial charge in [0.15, 0.2) is 0 Å². The minimum atomic E-state index is -0.326. The number of nitrogens with zero attached hydrogens (tertiary/aromatic N) is 1. The zero-order chi connectivity index (χ0) is 12.3. The van der Waals surface area contributed by atoms with Crippen molar-refractivity contribution in [2.24, 2.45) is 5.73 Å².